The van der Waals surface area contributed by atoms with Crippen LogP contribution in [0.25, 0.3) is 10.1 Å². The molecule has 2 aliphatic rings. The molecule has 114 valence electrons. The predicted octanol–water partition coefficient (Wildman–Crippen LogP) is 1.49. The molecule has 0 spiro atoms. The van der Waals surface area contributed by atoms with Crippen LogP contribution in [0.1, 0.15) is 29.8 Å². The number of hydrogen-bond acceptors (Lipinski definition) is 5. The molecule has 7 heteroatoms. The number of aromatic nitrogens is 1. The summed E-state index contributed by atoms with van der Waals surface area (Å²) in [6.07, 6.45) is 5.68. The first-order valence-electron chi connectivity index (χ1n) is 7.39. The Kier molecular flexibility index (Phi) is 3.31. The molecule has 22 heavy (non-hydrogen) atoms. The summed E-state index contributed by atoms with van der Waals surface area (Å²) in [5.41, 5.74) is 0.422. The van der Waals surface area contributed by atoms with Gasteiger partial charge in [-0.1, -0.05) is 0 Å². The first-order chi connectivity index (χ1) is 10.7. The van der Waals surface area contributed by atoms with Crippen LogP contribution in [0.5, 0.6) is 0 Å². The van der Waals surface area contributed by atoms with Crippen LogP contribution in [-0.4, -0.2) is 35.4 Å². The molecule has 2 saturated heterocycles. The van der Waals surface area contributed by atoms with Crippen molar-refractivity contribution in [2.45, 2.75) is 37.4 Å². The van der Waals surface area contributed by atoms with Crippen molar-refractivity contribution < 1.29 is 9.59 Å². The maximum Gasteiger partial charge on any atom is 0.270 e. The van der Waals surface area contributed by atoms with Gasteiger partial charge in [0, 0.05) is 24.3 Å². The Morgan fingerprint density at radius 3 is 3.05 bits per heavy atom. The van der Waals surface area contributed by atoms with Gasteiger partial charge in [-0.2, -0.15) is 0 Å². The van der Waals surface area contributed by atoms with Gasteiger partial charge in [0.1, 0.15) is 5.69 Å². The van der Waals surface area contributed by atoms with Gasteiger partial charge in [-0.3, -0.25) is 9.59 Å². The smallest absolute Gasteiger partial charge is 0.270 e. The third kappa shape index (κ3) is 2.36. The number of carbonyl (C=O) groups is 2. The van der Waals surface area contributed by atoms with Gasteiger partial charge in [0.2, 0.25) is 6.41 Å². The zero-order chi connectivity index (χ0) is 15.1. The molecule has 2 fully saturated rings. The second-order valence-corrected chi connectivity index (χ2v) is 6.93. The third-order valence-electron chi connectivity index (χ3n) is 4.45. The lowest BCUT2D eigenvalue weighted by Gasteiger charge is -2.21. The van der Waals surface area contributed by atoms with Gasteiger partial charge >= 0.3 is 0 Å². The lowest BCUT2D eigenvalue weighted by molar-refractivity contribution is -0.105. The van der Waals surface area contributed by atoms with Gasteiger partial charge in [-0.25, -0.2) is 4.98 Å². The van der Waals surface area contributed by atoms with Crippen molar-refractivity contribution in [1.82, 2.24) is 15.6 Å². The lowest BCUT2D eigenvalue weighted by Crippen LogP contribution is -2.43. The Bertz CT molecular complexity index is 744. The molecule has 6 nitrogen and oxygen atoms in total. The highest BCUT2D eigenvalue weighted by atomic mass is 32.1. The fraction of sp³-hybridized carbons (Fsp3) is 0.400. The van der Waals surface area contributed by atoms with Gasteiger partial charge in [-0.05, 0) is 36.8 Å². The second-order valence-electron chi connectivity index (χ2n) is 5.84. The number of pyridine rings is 1. The van der Waals surface area contributed by atoms with E-state index in [0.717, 1.165) is 27.9 Å². The minimum Gasteiger partial charge on any atom is -0.346 e. The Balaban J connectivity index is 1.52. The van der Waals surface area contributed by atoms with Gasteiger partial charge in [0.05, 0.1) is 9.70 Å². The number of hydrogen-bond donors (Lipinski definition) is 3. The minimum atomic E-state index is -0.127. The SMILES string of the molecule is O=CNc1cc2cc(C(=O)N[C@@H]3C[C@H]4CC[C@@H]3N4)ncc2s1. The zero-order valence-electron chi connectivity index (χ0n) is 11.8. The quantitative estimate of drug-likeness (QED) is 0.746. The molecule has 4 heterocycles. The van der Waals surface area contributed by atoms with Crippen LogP contribution in [0.3, 0.4) is 0 Å². The van der Waals surface area contributed by atoms with Crippen LogP contribution < -0.4 is 16.0 Å². The normalized spacial score (nSPS) is 26.3. The number of anilines is 1. The van der Waals surface area contributed by atoms with Crippen molar-refractivity contribution in [2.75, 3.05) is 5.32 Å². The molecule has 0 saturated carbocycles. The number of rotatable bonds is 4. The number of nitrogens with one attached hydrogen (secondary N) is 3. The number of thiophene rings is 1. The average Bonchev–Trinajstić information content (AvgIpc) is 3.20. The predicted molar refractivity (Wildman–Crippen MR) is 85.1 cm³/mol. The van der Waals surface area contributed by atoms with Crippen LogP contribution in [0.2, 0.25) is 0 Å². The van der Waals surface area contributed by atoms with Crippen molar-refractivity contribution in [3.63, 3.8) is 0 Å². The average molecular weight is 316 g/mol. The summed E-state index contributed by atoms with van der Waals surface area (Å²) in [5, 5.41) is 10.9. The van der Waals surface area contributed by atoms with E-state index in [1.54, 1.807) is 12.3 Å². The summed E-state index contributed by atoms with van der Waals surface area (Å²) in [7, 11) is 0. The molecule has 2 amide bonds. The van der Waals surface area contributed by atoms with E-state index in [1.165, 1.54) is 17.8 Å². The van der Waals surface area contributed by atoms with E-state index in [1.807, 2.05) is 6.07 Å². The van der Waals surface area contributed by atoms with E-state index in [-0.39, 0.29) is 11.9 Å². The summed E-state index contributed by atoms with van der Waals surface area (Å²) >= 11 is 1.44. The van der Waals surface area contributed by atoms with Crippen LogP contribution in [0, 0.1) is 0 Å². The van der Waals surface area contributed by atoms with E-state index >= 15 is 0 Å². The van der Waals surface area contributed by atoms with E-state index in [0.29, 0.717) is 24.2 Å². The van der Waals surface area contributed by atoms with E-state index in [4.69, 9.17) is 0 Å². The first-order valence-corrected chi connectivity index (χ1v) is 8.21. The molecule has 3 atom stereocenters. The van der Waals surface area contributed by atoms with Crippen LogP contribution in [0.4, 0.5) is 5.00 Å². The minimum absolute atomic E-state index is 0.127. The van der Waals surface area contributed by atoms with E-state index in [9.17, 15) is 9.59 Å². The highest BCUT2D eigenvalue weighted by molar-refractivity contribution is 7.22. The standard InChI is InChI=1S/C15H16N4O2S/c20-7-17-14-4-8-3-12(16-6-13(8)22-14)15(21)19-11-5-9-1-2-10(11)18-9/h3-4,6-7,9-11,18H,1-2,5H2,(H,17,20)(H,19,21)/t9-,10+,11-/m1/s1. The molecule has 2 aromatic rings. The Morgan fingerprint density at radius 2 is 2.32 bits per heavy atom. The molecular formula is C15H16N4O2S. The topological polar surface area (TPSA) is 83.1 Å². The number of amides is 2. The van der Waals surface area contributed by atoms with Gasteiger partial charge in [0.25, 0.3) is 5.91 Å². The van der Waals surface area contributed by atoms with E-state index in [2.05, 4.69) is 20.9 Å². The Hall–Kier alpha value is -1.99. The van der Waals surface area contributed by atoms with Crippen molar-refractivity contribution in [2.24, 2.45) is 0 Å². The van der Waals surface area contributed by atoms with Crippen LogP contribution in [0.15, 0.2) is 18.3 Å². The summed E-state index contributed by atoms with van der Waals surface area (Å²) in [6, 6.07) is 4.80. The first kappa shape index (κ1) is 13.7. The third-order valence-corrected chi connectivity index (χ3v) is 5.47. The Morgan fingerprint density at radius 1 is 1.41 bits per heavy atom. The van der Waals surface area contributed by atoms with Gasteiger partial charge in [-0.15, -0.1) is 11.3 Å². The Labute approximate surface area is 131 Å². The monoisotopic (exact) mass is 316 g/mol. The lowest BCUT2D eigenvalue weighted by atomic mass is 9.95. The molecule has 0 unspecified atom stereocenters. The molecule has 2 bridgehead atoms. The van der Waals surface area contributed by atoms with Gasteiger partial charge in [0.15, 0.2) is 0 Å². The summed E-state index contributed by atoms with van der Waals surface area (Å²) in [4.78, 5) is 27.1. The molecule has 2 aromatic heterocycles. The molecule has 3 N–H and O–H groups in total. The highest BCUT2D eigenvalue weighted by Gasteiger charge is 2.39. The molecule has 0 radical (unpaired) electrons. The largest absolute Gasteiger partial charge is 0.346 e. The number of nitrogens with zero attached hydrogens (tertiary/aromatic N) is 1. The zero-order valence-corrected chi connectivity index (χ0v) is 12.7. The van der Waals surface area contributed by atoms with Crippen molar-refractivity contribution in [3.05, 3.63) is 24.0 Å². The number of carbonyl (C=O) groups excluding carboxylic acids is 2. The summed E-state index contributed by atoms with van der Waals surface area (Å²) in [6.45, 7) is 0. The fourth-order valence-electron chi connectivity index (χ4n) is 3.43. The second kappa shape index (κ2) is 5.33. The highest BCUT2D eigenvalue weighted by Crippen LogP contribution is 2.30. The maximum atomic E-state index is 12.4. The fourth-order valence-corrected chi connectivity index (χ4v) is 4.30. The van der Waals surface area contributed by atoms with Crippen molar-refractivity contribution in [1.29, 1.82) is 0 Å². The molecule has 2 aliphatic heterocycles. The van der Waals surface area contributed by atoms with Crippen LogP contribution >= 0.6 is 11.3 Å². The number of fused-ring (bicyclic) bond motifs is 3. The molecule has 0 aromatic carbocycles. The van der Waals surface area contributed by atoms with Gasteiger partial charge < -0.3 is 16.0 Å². The summed E-state index contributed by atoms with van der Waals surface area (Å²) in [5.74, 6) is -0.127. The maximum absolute atomic E-state index is 12.4. The molecule has 4 rings (SSSR count). The van der Waals surface area contributed by atoms with Crippen molar-refractivity contribution >= 4 is 38.7 Å². The van der Waals surface area contributed by atoms with Crippen LogP contribution in [-0.2, 0) is 4.79 Å². The van der Waals surface area contributed by atoms with Crippen molar-refractivity contribution in [3.8, 4) is 0 Å². The molecular weight excluding hydrogens is 300 g/mol. The van der Waals surface area contributed by atoms with E-state index < -0.39 is 0 Å². The molecule has 0 aliphatic carbocycles. The summed E-state index contributed by atoms with van der Waals surface area (Å²) < 4.78 is 0.947.